The Morgan fingerprint density at radius 2 is 1.29 bits per heavy atom. The highest BCUT2D eigenvalue weighted by molar-refractivity contribution is 5.16. The van der Waals surface area contributed by atoms with Crippen molar-refractivity contribution in [3.8, 4) is 0 Å². The summed E-state index contributed by atoms with van der Waals surface area (Å²) in [7, 11) is 0. The Hall–Kier alpha value is -2.08. The van der Waals surface area contributed by atoms with Gasteiger partial charge in [-0.25, -0.2) is 0 Å². The van der Waals surface area contributed by atoms with Crippen LogP contribution in [0.25, 0.3) is 0 Å². The van der Waals surface area contributed by atoms with Crippen LogP contribution in [-0.4, -0.2) is 31.3 Å². The van der Waals surface area contributed by atoms with Crippen LogP contribution >= 0.6 is 0 Å². The van der Waals surface area contributed by atoms with Crippen LogP contribution in [0, 0.1) is 4.91 Å². The molecule has 126 valence electrons. The smallest absolute Gasteiger partial charge is 0.127 e. The molecular formula is C19H23N3O2. The van der Waals surface area contributed by atoms with E-state index in [0.29, 0.717) is 26.3 Å². The molecule has 1 saturated heterocycles. The molecule has 0 aromatic heterocycles. The minimum Gasteiger partial charge on any atom is -0.378 e. The summed E-state index contributed by atoms with van der Waals surface area (Å²) in [4.78, 5) is 11.4. The lowest BCUT2D eigenvalue weighted by molar-refractivity contribution is 0.0323. The topological polar surface area (TPSA) is 62.7 Å². The average molecular weight is 325 g/mol. The summed E-state index contributed by atoms with van der Waals surface area (Å²) in [6.07, 6.45) is 0. The van der Waals surface area contributed by atoms with E-state index in [2.05, 4.69) is 40.1 Å². The van der Waals surface area contributed by atoms with E-state index in [9.17, 15) is 4.91 Å². The van der Waals surface area contributed by atoms with Gasteiger partial charge in [-0.05, 0) is 11.1 Å². The molecule has 0 amide bonds. The molecule has 3 rings (SSSR count). The lowest BCUT2D eigenvalue weighted by Gasteiger charge is -2.35. The number of benzene rings is 2. The van der Waals surface area contributed by atoms with Gasteiger partial charge in [0.05, 0.1) is 25.3 Å². The number of nitrogens with zero attached hydrogens (tertiary/aromatic N) is 1. The predicted octanol–water partition coefficient (Wildman–Crippen LogP) is 2.47. The van der Waals surface area contributed by atoms with E-state index >= 15 is 0 Å². The molecule has 2 unspecified atom stereocenters. The number of hydrogen-bond acceptors (Lipinski definition) is 5. The first kappa shape index (κ1) is 16.8. The Bertz CT molecular complexity index is 570. The molecule has 3 atom stereocenters. The lowest BCUT2D eigenvalue weighted by Crippen LogP contribution is -2.57. The zero-order valence-electron chi connectivity index (χ0n) is 13.6. The summed E-state index contributed by atoms with van der Waals surface area (Å²) in [6, 6.07) is 19.8. The van der Waals surface area contributed by atoms with Crippen molar-refractivity contribution in [2.75, 3.05) is 13.2 Å². The molecule has 1 heterocycles. The highest BCUT2D eigenvalue weighted by atomic mass is 16.5. The maximum absolute atomic E-state index is 11.4. The Morgan fingerprint density at radius 3 is 1.71 bits per heavy atom. The summed E-state index contributed by atoms with van der Waals surface area (Å²) in [5, 5.41) is 10.2. The number of rotatable bonds is 7. The molecule has 0 radical (unpaired) electrons. The Labute approximate surface area is 142 Å². The fraction of sp³-hybridized carbons (Fsp3) is 0.368. The van der Waals surface area contributed by atoms with Gasteiger partial charge < -0.3 is 15.4 Å². The van der Waals surface area contributed by atoms with E-state index in [-0.39, 0.29) is 18.1 Å². The highest BCUT2D eigenvalue weighted by Gasteiger charge is 2.34. The third kappa shape index (κ3) is 4.47. The van der Waals surface area contributed by atoms with Crippen molar-refractivity contribution in [3.05, 3.63) is 76.7 Å². The van der Waals surface area contributed by atoms with Crippen LogP contribution in [-0.2, 0) is 17.8 Å². The number of nitroso groups, excluding NO2 is 1. The third-order valence-electron chi connectivity index (χ3n) is 4.36. The monoisotopic (exact) mass is 325 g/mol. The van der Waals surface area contributed by atoms with Gasteiger partial charge in [0.25, 0.3) is 0 Å². The molecule has 0 spiro atoms. The summed E-state index contributed by atoms with van der Waals surface area (Å²) in [6.45, 7) is 2.41. The summed E-state index contributed by atoms with van der Waals surface area (Å²) < 4.78 is 5.68. The minimum atomic E-state index is -0.342. The van der Waals surface area contributed by atoms with Gasteiger partial charge in [0.2, 0.25) is 0 Å². The molecule has 24 heavy (non-hydrogen) atoms. The Kier molecular flexibility index (Phi) is 6.07. The first-order valence-corrected chi connectivity index (χ1v) is 8.31. The number of nitrogens with one attached hydrogen (secondary N) is 2. The van der Waals surface area contributed by atoms with Crippen LogP contribution in [0.4, 0.5) is 0 Å². The molecule has 1 aliphatic rings. The molecule has 0 aliphatic carbocycles. The number of ether oxygens (including phenoxy) is 1. The fourth-order valence-electron chi connectivity index (χ4n) is 3.00. The molecule has 2 aromatic carbocycles. The molecule has 0 bridgehead atoms. The minimum absolute atomic E-state index is 0.0790. The van der Waals surface area contributed by atoms with Crippen molar-refractivity contribution in [2.45, 2.75) is 31.2 Å². The second-order valence-corrected chi connectivity index (χ2v) is 6.08. The molecule has 2 N–H and O–H groups in total. The maximum atomic E-state index is 11.4. The van der Waals surface area contributed by atoms with Gasteiger partial charge in [-0.3, -0.25) is 0 Å². The fourth-order valence-corrected chi connectivity index (χ4v) is 3.00. The van der Waals surface area contributed by atoms with Gasteiger partial charge in [0.15, 0.2) is 0 Å². The second kappa shape index (κ2) is 8.68. The largest absolute Gasteiger partial charge is 0.378 e. The average Bonchev–Trinajstić information content (AvgIpc) is 2.66. The van der Waals surface area contributed by atoms with Gasteiger partial charge in [-0.2, -0.15) is 4.91 Å². The normalized spacial score (nSPS) is 23.8. The highest BCUT2D eigenvalue weighted by Crippen LogP contribution is 2.14. The van der Waals surface area contributed by atoms with Crippen molar-refractivity contribution in [1.29, 1.82) is 0 Å². The van der Waals surface area contributed by atoms with Crippen LogP contribution < -0.4 is 10.6 Å². The first-order chi connectivity index (χ1) is 11.9. The number of hydrogen-bond donors (Lipinski definition) is 2. The van der Waals surface area contributed by atoms with Crippen LogP contribution in [0.3, 0.4) is 0 Å². The van der Waals surface area contributed by atoms with Crippen LogP contribution in [0.2, 0.25) is 0 Å². The lowest BCUT2D eigenvalue weighted by atomic mass is 9.98. The van der Waals surface area contributed by atoms with Crippen LogP contribution in [0.1, 0.15) is 11.1 Å². The van der Waals surface area contributed by atoms with Gasteiger partial charge >= 0.3 is 0 Å². The molecule has 0 saturated carbocycles. The zero-order valence-corrected chi connectivity index (χ0v) is 13.6. The first-order valence-electron chi connectivity index (χ1n) is 8.31. The molecular weight excluding hydrogens is 302 g/mol. The van der Waals surface area contributed by atoms with Gasteiger partial charge in [-0.1, -0.05) is 65.8 Å². The molecule has 2 aromatic rings. The zero-order chi connectivity index (χ0) is 16.6. The second-order valence-electron chi connectivity index (χ2n) is 6.08. The van der Waals surface area contributed by atoms with Crippen LogP contribution in [0.15, 0.2) is 65.8 Å². The standard InChI is InChI=1S/C19H23N3O2/c23-22-19-17(20-11-15-7-3-1-4-8-15)13-24-14-18(19)21-12-16-9-5-2-6-10-16/h1-10,17-21H,11-14H2/t17-,18?,19?/m1/s1. The summed E-state index contributed by atoms with van der Waals surface area (Å²) >= 11 is 0. The Morgan fingerprint density at radius 1 is 0.833 bits per heavy atom. The summed E-state index contributed by atoms with van der Waals surface area (Å²) in [5.74, 6) is 0. The molecule has 5 heteroatoms. The van der Waals surface area contributed by atoms with E-state index < -0.39 is 0 Å². The SMILES string of the molecule is O=NC1C(NCc2ccccc2)COC[C@H]1NCc1ccccc1. The van der Waals surface area contributed by atoms with E-state index in [4.69, 9.17) is 4.74 Å². The maximum Gasteiger partial charge on any atom is 0.127 e. The van der Waals surface area contributed by atoms with Crippen molar-refractivity contribution in [1.82, 2.24) is 10.6 Å². The van der Waals surface area contributed by atoms with E-state index in [0.717, 1.165) is 0 Å². The van der Waals surface area contributed by atoms with Crippen molar-refractivity contribution in [3.63, 3.8) is 0 Å². The van der Waals surface area contributed by atoms with Crippen molar-refractivity contribution >= 4 is 0 Å². The van der Waals surface area contributed by atoms with Crippen LogP contribution in [0.5, 0.6) is 0 Å². The van der Waals surface area contributed by atoms with Crippen molar-refractivity contribution < 1.29 is 4.74 Å². The summed E-state index contributed by atoms with van der Waals surface area (Å²) in [5.41, 5.74) is 2.36. The van der Waals surface area contributed by atoms with Crippen molar-refractivity contribution in [2.24, 2.45) is 5.18 Å². The predicted molar refractivity (Wildman–Crippen MR) is 94.5 cm³/mol. The molecule has 1 fully saturated rings. The van der Waals surface area contributed by atoms with Gasteiger partial charge in [0, 0.05) is 13.1 Å². The van der Waals surface area contributed by atoms with E-state index in [1.807, 2.05) is 36.4 Å². The molecule has 5 nitrogen and oxygen atoms in total. The third-order valence-corrected chi connectivity index (χ3v) is 4.36. The van der Waals surface area contributed by atoms with E-state index in [1.165, 1.54) is 11.1 Å². The van der Waals surface area contributed by atoms with E-state index in [1.54, 1.807) is 0 Å². The molecule has 1 aliphatic heterocycles. The van der Waals surface area contributed by atoms with Gasteiger partial charge in [0.1, 0.15) is 6.04 Å². The van der Waals surface area contributed by atoms with Gasteiger partial charge in [-0.15, -0.1) is 0 Å². The quantitative estimate of drug-likeness (QED) is 0.768. The Balaban J connectivity index is 1.56.